The van der Waals surface area contributed by atoms with E-state index in [1.165, 1.54) is 44.9 Å². The molecule has 2 aliphatic carbocycles. The summed E-state index contributed by atoms with van der Waals surface area (Å²) in [5, 5.41) is 0. The van der Waals surface area contributed by atoms with Crippen LogP contribution in [0.1, 0.15) is 58.8 Å². The highest BCUT2D eigenvalue weighted by Crippen LogP contribution is 2.56. The smallest absolute Gasteiger partial charge is 0.0168 e. The first-order valence-corrected chi connectivity index (χ1v) is 6.85. The zero-order valence-corrected chi connectivity index (χ0v) is 10.3. The lowest BCUT2D eigenvalue weighted by Crippen LogP contribution is -2.26. The molecule has 2 atom stereocenters. The highest BCUT2D eigenvalue weighted by molar-refractivity contribution is 5.23. The molecular formula is C15H25. The molecule has 2 rings (SSSR count). The number of unbranched alkanes of at least 4 members (excludes halogenated alkanes) is 2. The third-order valence-electron chi connectivity index (χ3n) is 4.39. The Balaban J connectivity index is 1.99. The van der Waals surface area contributed by atoms with Crippen molar-refractivity contribution in [1.29, 1.82) is 0 Å². The van der Waals surface area contributed by atoms with Gasteiger partial charge in [0.15, 0.2) is 0 Å². The third-order valence-corrected chi connectivity index (χ3v) is 4.39. The molecule has 0 heteroatoms. The molecule has 0 aromatic heterocycles. The second-order valence-corrected chi connectivity index (χ2v) is 5.50. The van der Waals surface area contributed by atoms with Gasteiger partial charge < -0.3 is 0 Å². The number of hydrogen-bond donors (Lipinski definition) is 0. The van der Waals surface area contributed by atoms with E-state index in [1.54, 1.807) is 0 Å². The Morgan fingerprint density at radius 3 is 2.13 bits per heavy atom. The van der Waals surface area contributed by atoms with Crippen molar-refractivity contribution >= 4 is 0 Å². The van der Waals surface area contributed by atoms with Gasteiger partial charge in [-0.2, -0.15) is 0 Å². The van der Waals surface area contributed by atoms with Crippen LogP contribution in [-0.4, -0.2) is 0 Å². The van der Waals surface area contributed by atoms with Crippen molar-refractivity contribution < 1.29 is 0 Å². The fraction of sp³-hybridized carbons (Fsp3) is 0.800. The lowest BCUT2D eigenvalue weighted by Gasteiger charge is -2.36. The van der Waals surface area contributed by atoms with Gasteiger partial charge in [-0.25, -0.2) is 0 Å². The molecule has 0 saturated heterocycles. The third kappa shape index (κ3) is 2.14. The summed E-state index contributed by atoms with van der Waals surface area (Å²) < 4.78 is 0. The molecule has 0 aromatic rings. The molecule has 1 saturated carbocycles. The van der Waals surface area contributed by atoms with Crippen LogP contribution < -0.4 is 0 Å². The second kappa shape index (κ2) is 4.72. The first-order chi connectivity index (χ1) is 7.30. The topological polar surface area (TPSA) is 0 Å². The van der Waals surface area contributed by atoms with E-state index in [1.807, 2.05) is 0 Å². The molecule has 1 radical (unpaired) electrons. The summed E-state index contributed by atoms with van der Waals surface area (Å²) in [4.78, 5) is 0. The average Bonchev–Trinajstić information content (AvgIpc) is 2.84. The van der Waals surface area contributed by atoms with Gasteiger partial charge in [0.1, 0.15) is 0 Å². The molecule has 85 valence electrons. The molecule has 2 bridgehead atoms. The van der Waals surface area contributed by atoms with Crippen LogP contribution in [0.15, 0.2) is 12.2 Å². The van der Waals surface area contributed by atoms with Crippen LogP contribution >= 0.6 is 0 Å². The van der Waals surface area contributed by atoms with E-state index >= 15 is 0 Å². The fourth-order valence-electron chi connectivity index (χ4n) is 3.50. The molecule has 0 heterocycles. The van der Waals surface area contributed by atoms with Gasteiger partial charge in [-0.3, -0.25) is 0 Å². The summed E-state index contributed by atoms with van der Waals surface area (Å²) >= 11 is 0. The molecule has 2 aliphatic rings. The van der Waals surface area contributed by atoms with E-state index in [-0.39, 0.29) is 0 Å². The minimum atomic E-state index is 0.603. The summed E-state index contributed by atoms with van der Waals surface area (Å²) in [6, 6.07) is 0. The fourth-order valence-corrected chi connectivity index (χ4v) is 3.50. The molecule has 0 aliphatic heterocycles. The Labute approximate surface area is 95.1 Å². The van der Waals surface area contributed by atoms with Crippen LogP contribution in [0.4, 0.5) is 0 Å². The van der Waals surface area contributed by atoms with Gasteiger partial charge >= 0.3 is 0 Å². The van der Waals surface area contributed by atoms with Gasteiger partial charge in [0.05, 0.1) is 0 Å². The van der Waals surface area contributed by atoms with Gasteiger partial charge in [-0.1, -0.05) is 51.7 Å². The monoisotopic (exact) mass is 205 g/mol. The Hall–Kier alpha value is -0.260. The van der Waals surface area contributed by atoms with E-state index in [9.17, 15) is 0 Å². The van der Waals surface area contributed by atoms with Crippen LogP contribution in [0.2, 0.25) is 0 Å². The molecule has 0 aromatic carbocycles. The van der Waals surface area contributed by atoms with E-state index in [0.717, 1.165) is 11.8 Å². The maximum atomic E-state index is 2.70. The summed E-state index contributed by atoms with van der Waals surface area (Å²) in [5.41, 5.74) is 0.603. The van der Waals surface area contributed by atoms with Crippen LogP contribution in [0.3, 0.4) is 0 Å². The lowest BCUT2D eigenvalue weighted by atomic mass is 9.69. The standard InChI is InChI=1S/C15H25/c1-3-5-9-15(10-6-4-2)12-13-7-8-14(15)11-13/h7-8,12-14H,3-6,9-11H2,1-2H3. The quantitative estimate of drug-likeness (QED) is 0.548. The van der Waals surface area contributed by atoms with Gasteiger partial charge in [-0.05, 0) is 42.9 Å². The second-order valence-electron chi connectivity index (χ2n) is 5.50. The maximum absolute atomic E-state index is 2.70. The normalized spacial score (nSPS) is 31.3. The van der Waals surface area contributed by atoms with Crippen molar-refractivity contribution in [3.05, 3.63) is 18.6 Å². The van der Waals surface area contributed by atoms with Gasteiger partial charge in [0.25, 0.3) is 0 Å². The van der Waals surface area contributed by atoms with Crippen LogP contribution in [-0.2, 0) is 0 Å². The van der Waals surface area contributed by atoms with E-state index in [2.05, 4.69) is 32.4 Å². The highest BCUT2D eigenvalue weighted by atomic mass is 14.5. The molecule has 0 N–H and O–H groups in total. The van der Waals surface area contributed by atoms with Crippen molar-refractivity contribution in [1.82, 2.24) is 0 Å². The first kappa shape index (κ1) is 11.2. The zero-order chi connectivity index (χ0) is 10.7. The largest absolute Gasteiger partial charge is 0.0848 e. The number of hydrogen-bond acceptors (Lipinski definition) is 0. The van der Waals surface area contributed by atoms with E-state index in [0.29, 0.717) is 5.41 Å². The first-order valence-electron chi connectivity index (χ1n) is 6.85. The number of fused-ring (bicyclic) bond motifs is 2. The number of rotatable bonds is 6. The Bertz CT molecular complexity index is 218. The molecule has 0 nitrogen and oxygen atoms in total. The van der Waals surface area contributed by atoms with E-state index < -0.39 is 0 Å². The van der Waals surface area contributed by atoms with Crippen molar-refractivity contribution in [2.24, 2.45) is 17.3 Å². The molecule has 0 spiro atoms. The van der Waals surface area contributed by atoms with Gasteiger partial charge in [0, 0.05) is 0 Å². The zero-order valence-electron chi connectivity index (χ0n) is 10.3. The predicted octanol–water partition coefficient (Wildman–Crippen LogP) is 4.76. The summed E-state index contributed by atoms with van der Waals surface area (Å²) in [5.74, 6) is 1.71. The number of allylic oxidation sites excluding steroid dienone is 2. The Kier molecular flexibility index (Phi) is 3.53. The minimum absolute atomic E-state index is 0.603. The molecular weight excluding hydrogens is 180 g/mol. The average molecular weight is 205 g/mol. The minimum Gasteiger partial charge on any atom is -0.0848 e. The molecule has 15 heavy (non-hydrogen) atoms. The summed E-state index contributed by atoms with van der Waals surface area (Å²) in [7, 11) is 0. The molecule has 1 fully saturated rings. The molecule has 2 unspecified atom stereocenters. The highest BCUT2D eigenvalue weighted by Gasteiger charge is 2.46. The van der Waals surface area contributed by atoms with Crippen molar-refractivity contribution in [3.63, 3.8) is 0 Å². The van der Waals surface area contributed by atoms with E-state index in [4.69, 9.17) is 0 Å². The van der Waals surface area contributed by atoms with Crippen LogP contribution in [0.25, 0.3) is 0 Å². The summed E-state index contributed by atoms with van der Waals surface area (Å²) in [6.45, 7) is 4.63. The van der Waals surface area contributed by atoms with Crippen molar-refractivity contribution in [2.45, 2.75) is 58.8 Å². The van der Waals surface area contributed by atoms with Gasteiger partial charge in [-0.15, -0.1) is 0 Å². The maximum Gasteiger partial charge on any atom is -0.0168 e. The van der Waals surface area contributed by atoms with Gasteiger partial charge in [0.2, 0.25) is 0 Å². The lowest BCUT2D eigenvalue weighted by molar-refractivity contribution is 0.229. The Morgan fingerprint density at radius 1 is 1.07 bits per heavy atom. The predicted molar refractivity (Wildman–Crippen MR) is 66.5 cm³/mol. The van der Waals surface area contributed by atoms with Crippen LogP contribution in [0, 0.1) is 23.7 Å². The SMILES string of the molecule is CCCCC1(CCCC)[CH]C2C=CC1C2. The van der Waals surface area contributed by atoms with Crippen molar-refractivity contribution in [3.8, 4) is 0 Å². The van der Waals surface area contributed by atoms with Crippen LogP contribution in [0.5, 0.6) is 0 Å². The Morgan fingerprint density at radius 2 is 1.73 bits per heavy atom. The molecule has 0 amide bonds. The van der Waals surface area contributed by atoms with Crippen molar-refractivity contribution in [2.75, 3.05) is 0 Å². The summed E-state index contributed by atoms with van der Waals surface area (Å²) in [6.07, 6.45) is 17.5.